The largest absolute Gasteiger partial charge is 0.381 e. The van der Waals surface area contributed by atoms with Crippen molar-refractivity contribution in [1.29, 1.82) is 0 Å². The van der Waals surface area contributed by atoms with Crippen molar-refractivity contribution < 1.29 is 4.74 Å². The predicted molar refractivity (Wildman–Crippen MR) is 88.4 cm³/mol. The highest BCUT2D eigenvalue weighted by atomic mass is 32.2. The molecule has 1 aliphatic heterocycles. The fourth-order valence-electron chi connectivity index (χ4n) is 2.71. The zero-order valence-electron chi connectivity index (χ0n) is 12.7. The van der Waals surface area contributed by atoms with Crippen LogP contribution in [0.1, 0.15) is 44.7 Å². The molecule has 20 heavy (non-hydrogen) atoms. The standard InChI is InChI=1S/C17H27NOS/c1-3-11-18-17(15-7-5-4-6-8-15)14(2)20-16-9-12-19-13-10-16/h4-8,14,16-18H,3,9-13H2,1-2H3. The second kappa shape index (κ2) is 8.71. The van der Waals surface area contributed by atoms with Crippen molar-refractivity contribution in [1.82, 2.24) is 5.32 Å². The van der Waals surface area contributed by atoms with E-state index in [0.717, 1.165) is 25.0 Å². The maximum Gasteiger partial charge on any atom is 0.0476 e. The van der Waals surface area contributed by atoms with Crippen molar-refractivity contribution in [2.45, 2.75) is 49.7 Å². The molecule has 1 aromatic carbocycles. The van der Waals surface area contributed by atoms with Crippen LogP contribution in [0.2, 0.25) is 0 Å². The van der Waals surface area contributed by atoms with E-state index in [0.29, 0.717) is 11.3 Å². The van der Waals surface area contributed by atoms with Crippen LogP contribution in [0.3, 0.4) is 0 Å². The predicted octanol–water partition coefficient (Wildman–Crippen LogP) is 4.03. The Kier molecular flexibility index (Phi) is 6.91. The summed E-state index contributed by atoms with van der Waals surface area (Å²) in [5, 5.41) is 5.07. The quantitative estimate of drug-likeness (QED) is 0.820. The highest BCUT2D eigenvalue weighted by Crippen LogP contribution is 2.33. The molecule has 1 N–H and O–H groups in total. The van der Waals surface area contributed by atoms with Gasteiger partial charge in [0, 0.05) is 29.8 Å². The number of hydrogen-bond donors (Lipinski definition) is 1. The Morgan fingerprint density at radius 1 is 1.25 bits per heavy atom. The lowest BCUT2D eigenvalue weighted by Crippen LogP contribution is -2.31. The first kappa shape index (κ1) is 15.9. The molecule has 2 atom stereocenters. The number of ether oxygens (including phenoxy) is 1. The Labute approximate surface area is 127 Å². The summed E-state index contributed by atoms with van der Waals surface area (Å²) < 4.78 is 5.46. The summed E-state index contributed by atoms with van der Waals surface area (Å²) in [6.07, 6.45) is 3.58. The van der Waals surface area contributed by atoms with Crippen LogP contribution in [-0.2, 0) is 4.74 Å². The highest BCUT2D eigenvalue weighted by molar-refractivity contribution is 8.00. The molecule has 0 aromatic heterocycles. The van der Waals surface area contributed by atoms with E-state index in [1.165, 1.54) is 24.8 Å². The monoisotopic (exact) mass is 293 g/mol. The molecule has 3 heteroatoms. The molecule has 0 amide bonds. The molecule has 0 radical (unpaired) electrons. The van der Waals surface area contributed by atoms with Gasteiger partial charge < -0.3 is 10.1 Å². The Morgan fingerprint density at radius 2 is 1.95 bits per heavy atom. The molecular weight excluding hydrogens is 266 g/mol. The second-order valence-corrected chi connectivity index (χ2v) is 7.18. The average Bonchev–Trinajstić information content (AvgIpc) is 2.50. The molecule has 2 nitrogen and oxygen atoms in total. The summed E-state index contributed by atoms with van der Waals surface area (Å²) in [6.45, 7) is 7.54. The third-order valence-electron chi connectivity index (χ3n) is 3.82. The van der Waals surface area contributed by atoms with Crippen molar-refractivity contribution in [3.8, 4) is 0 Å². The van der Waals surface area contributed by atoms with Crippen LogP contribution in [0.4, 0.5) is 0 Å². The maximum atomic E-state index is 5.46. The summed E-state index contributed by atoms with van der Waals surface area (Å²) >= 11 is 2.13. The van der Waals surface area contributed by atoms with Gasteiger partial charge in [0.05, 0.1) is 0 Å². The average molecular weight is 293 g/mol. The van der Waals surface area contributed by atoms with E-state index in [4.69, 9.17) is 4.74 Å². The molecule has 0 saturated carbocycles. The number of rotatable bonds is 7. The van der Waals surface area contributed by atoms with Gasteiger partial charge in [0.1, 0.15) is 0 Å². The van der Waals surface area contributed by atoms with Gasteiger partial charge in [-0.2, -0.15) is 11.8 Å². The lowest BCUT2D eigenvalue weighted by Gasteiger charge is -2.30. The van der Waals surface area contributed by atoms with E-state index >= 15 is 0 Å². The van der Waals surface area contributed by atoms with Gasteiger partial charge in [0.25, 0.3) is 0 Å². The van der Waals surface area contributed by atoms with Crippen molar-refractivity contribution in [3.63, 3.8) is 0 Å². The van der Waals surface area contributed by atoms with E-state index in [1.807, 2.05) is 0 Å². The second-order valence-electron chi connectivity index (χ2n) is 5.50. The Morgan fingerprint density at radius 3 is 2.60 bits per heavy atom. The van der Waals surface area contributed by atoms with E-state index in [2.05, 4.69) is 61.3 Å². The van der Waals surface area contributed by atoms with Crippen LogP contribution >= 0.6 is 11.8 Å². The summed E-state index contributed by atoms with van der Waals surface area (Å²) in [5.41, 5.74) is 1.41. The molecule has 0 bridgehead atoms. The molecule has 1 aromatic rings. The number of thioether (sulfide) groups is 1. The van der Waals surface area contributed by atoms with Crippen LogP contribution in [0.5, 0.6) is 0 Å². The zero-order chi connectivity index (χ0) is 14.2. The summed E-state index contributed by atoms with van der Waals surface area (Å²) in [4.78, 5) is 0. The van der Waals surface area contributed by atoms with Gasteiger partial charge in [-0.1, -0.05) is 44.2 Å². The van der Waals surface area contributed by atoms with Gasteiger partial charge in [-0.05, 0) is 31.4 Å². The number of hydrogen-bond acceptors (Lipinski definition) is 3. The topological polar surface area (TPSA) is 21.3 Å². The Hall–Kier alpha value is -0.510. The molecular formula is C17H27NOS. The van der Waals surface area contributed by atoms with Crippen molar-refractivity contribution in [2.24, 2.45) is 0 Å². The molecule has 112 valence electrons. The molecule has 1 fully saturated rings. The minimum Gasteiger partial charge on any atom is -0.381 e. The molecule has 1 aliphatic rings. The normalized spacial score (nSPS) is 19.7. The minimum atomic E-state index is 0.448. The Bertz CT molecular complexity index is 365. The molecule has 2 rings (SSSR count). The SMILES string of the molecule is CCCNC(c1ccccc1)C(C)SC1CCOCC1. The van der Waals surface area contributed by atoms with Gasteiger partial charge in [-0.15, -0.1) is 0 Å². The molecule has 2 unspecified atom stereocenters. The van der Waals surface area contributed by atoms with Gasteiger partial charge in [0.2, 0.25) is 0 Å². The van der Waals surface area contributed by atoms with E-state index < -0.39 is 0 Å². The lowest BCUT2D eigenvalue weighted by atomic mass is 10.0. The van der Waals surface area contributed by atoms with E-state index in [9.17, 15) is 0 Å². The third kappa shape index (κ3) is 4.80. The van der Waals surface area contributed by atoms with Crippen LogP contribution in [0, 0.1) is 0 Å². The fraction of sp³-hybridized carbons (Fsp3) is 0.647. The van der Waals surface area contributed by atoms with Gasteiger partial charge in [-0.25, -0.2) is 0 Å². The van der Waals surface area contributed by atoms with E-state index in [1.54, 1.807) is 0 Å². The molecule has 1 saturated heterocycles. The fourth-order valence-corrected chi connectivity index (χ4v) is 4.19. The molecule has 0 spiro atoms. The van der Waals surface area contributed by atoms with Crippen LogP contribution in [0.25, 0.3) is 0 Å². The third-order valence-corrected chi connectivity index (χ3v) is 5.38. The highest BCUT2D eigenvalue weighted by Gasteiger charge is 2.24. The Balaban J connectivity index is 1.97. The summed E-state index contributed by atoms with van der Waals surface area (Å²) in [7, 11) is 0. The first-order valence-corrected chi connectivity index (χ1v) is 8.77. The van der Waals surface area contributed by atoms with Crippen molar-refractivity contribution >= 4 is 11.8 Å². The van der Waals surface area contributed by atoms with Gasteiger partial charge >= 0.3 is 0 Å². The molecule has 0 aliphatic carbocycles. The smallest absolute Gasteiger partial charge is 0.0476 e. The molecule has 1 heterocycles. The van der Waals surface area contributed by atoms with Gasteiger partial charge in [-0.3, -0.25) is 0 Å². The first-order valence-electron chi connectivity index (χ1n) is 7.82. The summed E-state index contributed by atoms with van der Waals surface area (Å²) in [5.74, 6) is 0. The summed E-state index contributed by atoms with van der Waals surface area (Å²) in [6, 6.07) is 11.3. The van der Waals surface area contributed by atoms with Crippen molar-refractivity contribution in [3.05, 3.63) is 35.9 Å². The maximum absolute atomic E-state index is 5.46. The van der Waals surface area contributed by atoms with Crippen LogP contribution < -0.4 is 5.32 Å². The van der Waals surface area contributed by atoms with Crippen LogP contribution in [-0.4, -0.2) is 30.3 Å². The number of benzene rings is 1. The van der Waals surface area contributed by atoms with Crippen molar-refractivity contribution in [2.75, 3.05) is 19.8 Å². The van der Waals surface area contributed by atoms with Crippen LogP contribution in [0.15, 0.2) is 30.3 Å². The van der Waals surface area contributed by atoms with E-state index in [-0.39, 0.29) is 0 Å². The lowest BCUT2D eigenvalue weighted by molar-refractivity contribution is 0.0999. The number of nitrogens with one attached hydrogen (secondary N) is 1. The van der Waals surface area contributed by atoms with Gasteiger partial charge in [0.15, 0.2) is 0 Å². The zero-order valence-corrected chi connectivity index (χ0v) is 13.5. The first-order chi connectivity index (χ1) is 9.81. The minimum absolute atomic E-state index is 0.448.